The molecule has 0 saturated carbocycles. The van der Waals surface area contributed by atoms with E-state index < -0.39 is 12.1 Å². The fourth-order valence-electron chi connectivity index (χ4n) is 1.50. The molecule has 0 atom stereocenters. The first-order valence-electron chi connectivity index (χ1n) is 5.46. The van der Waals surface area contributed by atoms with Crippen molar-refractivity contribution >= 4 is 18.0 Å². The van der Waals surface area contributed by atoms with Gasteiger partial charge >= 0.3 is 12.1 Å². The molecule has 1 saturated heterocycles. The van der Waals surface area contributed by atoms with Crippen LogP contribution in [0.15, 0.2) is 0 Å². The van der Waals surface area contributed by atoms with Crippen LogP contribution in [-0.4, -0.2) is 65.7 Å². The van der Waals surface area contributed by atoms with E-state index in [4.69, 9.17) is 5.11 Å². The van der Waals surface area contributed by atoms with Crippen LogP contribution in [0.4, 0.5) is 4.79 Å². The van der Waals surface area contributed by atoms with Crippen molar-refractivity contribution in [1.82, 2.24) is 9.80 Å². The highest BCUT2D eigenvalue weighted by Crippen LogP contribution is 2.04. The number of hydrogen-bond acceptors (Lipinski definition) is 5. The smallest absolute Gasteiger partial charge is 0.416 e. The molecule has 1 aliphatic heterocycles. The van der Waals surface area contributed by atoms with Crippen molar-refractivity contribution in [2.75, 3.05) is 32.8 Å². The molecule has 7 heteroatoms. The van der Waals surface area contributed by atoms with Gasteiger partial charge in [0.2, 0.25) is 5.91 Å². The Balaban J connectivity index is 2.41. The summed E-state index contributed by atoms with van der Waals surface area (Å²) in [6, 6.07) is 0. The molecular formula is C10H16N2O5. The molecule has 7 nitrogen and oxygen atoms in total. The molecule has 1 heterocycles. The van der Waals surface area contributed by atoms with E-state index in [1.807, 2.05) is 6.92 Å². The molecule has 2 amide bonds. The van der Waals surface area contributed by atoms with Gasteiger partial charge < -0.3 is 9.84 Å². The second-order valence-electron chi connectivity index (χ2n) is 3.67. The van der Waals surface area contributed by atoms with Crippen LogP contribution < -0.4 is 0 Å². The van der Waals surface area contributed by atoms with Crippen LogP contribution in [0.2, 0.25) is 0 Å². The number of hydrogen-bond donors (Lipinski definition) is 1. The van der Waals surface area contributed by atoms with Crippen LogP contribution in [0.3, 0.4) is 0 Å². The fraction of sp³-hybridized carbons (Fsp3) is 0.700. The number of likely N-dealkylation sites (N-methyl/N-ethyl adjacent to an activating group) is 1. The van der Waals surface area contributed by atoms with Crippen molar-refractivity contribution < 1.29 is 24.2 Å². The van der Waals surface area contributed by atoms with Crippen LogP contribution in [-0.2, 0) is 14.3 Å². The topological polar surface area (TPSA) is 87.2 Å². The van der Waals surface area contributed by atoms with E-state index in [1.54, 1.807) is 4.90 Å². The first-order chi connectivity index (χ1) is 8.04. The van der Waals surface area contributed by atoms with Gasteiger partial charge in [-0.05, 0) is 6.54 Å². The Kier molecular flexibility index (Phi) is 4.89. The average molecular weight is 244 g/mol. The Morgan fingerprint density at radius 1 is 1.53 bits per heavy atom. The van der Waals surface area contributed by atoms with Gasteiger partial charge in [-0.25, -0.2) is 9.69 Å². The molecule has 0 spiro atoms. The van der Waals surface area contributed by atoms with Crippen LogP contribution in [0.1, 0.15) is 13.3 Å². The molecule has 1 fully saturated rings. The first-order valence-corrected chi connectivity index (χ1v) is 5.46. The van der Waals surface area contributed by atoms with Gasteiger partial charge in [-0.15, -0.1) is 0 Å². The number of carboxylic acids is 1. The maximum atomic E-state index is 11.7. The summed E-state index contributed by atoms with van der Waals surface area (Å²) in [5.41, 5.74) is 0. The largest absolute Gasteiger partial charge is 0.481 e. The van der Waals surface area contributed by atoms with E-state index in [-0.39, 0.29) is 32.0 Å². The molecule has 1 N–H and O–H groups in total. The van der Waals surface area contributed by atoms with Crippen LogP contribution in [0, 0.1) is 0 Å². The highest BCUT2D eigenvalue weighted by Gasteiger charge is 2.29. The Labute approximate surface area is 98.9 Å². The summed E-state index contributed by atoms with van der Waals surface area (Å²) in [4.78, 5) is 36.0. The van der Waals surface area contributed by atoms with Crippen molar-refractivity contribution in [1.29, 1.82) is 0 Å². The lowest BCUT2D eigenvalue weighted by atomic mass is 10.3. The SMILES string of the molecule is CCN(CCC(=O)O)CC(=O)N1CCOC1=O. The van der Waals surface area contributed by atoms with Gasteiger partial charge in [-0.1, -0.05) is 6.92 Å². The zero-order valence-electron chi connectivity index (χ0n) is 9.72. The Bertz CT molecular complexity index is 318. The van der Waals surface area contributed by atoms with E-state index in [0.29, 0.717) is 13.1 Å². The third-order valence-corrected chi connectivity index (χ3v) is 2.51. The minimum Gasteiger partial charge on any atom is -0.481 e. The number of carbonyl (C=O) groups is 3. The Hall–Kier alpha value is -1.63. The quantitative estimate of drug-likeness (QED) is 0.694. The standard InChI is InChI=1S/C10H16N2O5/c1-2-11(4-3-9(14)15)7-8(13)12-5-6-17-10(12)16/h2-7H2,1H3,(H,14,15). The van der Waals surface area contributed by atoms with Crippen LogP contribution >= 0.6 is 0 Å². The molecule has 0 bridgehead atoms. The van der Waals surface area contributed by atoms with Crippen molar-refractivity contribution in [3.05, 3.63) is 0 Å². The molecule has 0 aromatic carbocycles. The number of aliphatic carboxylic acids is 1. The first kappa shape index (κ1) is 13.4. The minimum absolute atomic E-state index is 0.0223. The molecule has 0 aromatic rings. The molecule has 1 aliphatic rings. The molecule has 17 heavy (non-hydrogen) atoms. The van der Waals surface area contributed by atoms with Crippen molar-refractivity contribution in [3.63, 3.8) is 0 Å². The normalized spacial score (nSPS) is 15.2. The number of cyclic esters (lactones) is 1. The average Bonchev–Trinajstić information content (AvgIpc) is 2.70. The van der Waals surface area contributed by atoms with E-state index >= 15 is 0 Å². The fourth-order valence-corrected chi connectivity index (χ4v) is 1.50. The summed E-state index contributed by atoms with van der Waals surface area (Å²) in [6.07, 6.45) is -0.643. The lowest BCUT2D eigenvalue weighted by Crippen LogP contribution is -2.41. The Morgan fingerprint density at radius 3 is 2.71 bits per heavy atom. The summed E-state index contributed by atoms with van der Waals surface area (Å²) in [7, 11) is 0. The molecule has 0 unspecified atom stereocenters. The van der Waals surface area contributed by atoms with Gasteiger partial charge in [0.15, 0.2) is 0 Å². The van der Waals surface area contributed by atoms with Crippen molar-refractivity contribution in [2.45, 2.75) is 13.3 Å². The van der Waals surface area contributed by atoms with Gasteiger partial charge in [-0.3, -0.25) is 14.5 Å². The van der Waals surface area contributed by atoms with Crippen LogP contribution in [0.5, 0.6) is 0 Å². The number of rotatable bonds is 6. The van der Waals surface area contributed by atoms with Gasteiger partial charge in [0, 0.05) is 6.54 Å². The third kappa shape index (κ3) is 4.03. The van der Waals surface area contributed by atoms with Crippen molar-refractivity contribution in [3.8, 4) is 0 Å². The highest BCUT2D eigenvalue weighted by atomic mass is 16.6. The second kappa shape index (κ2) is 6.19. The summed E-state index contributed by atoms with van der Waals surface area (Å²) in [5, 5.41) is 8.55. The number of nitrogens with zero attached hydrogens (tertiary/aromatic N) is 2. The van der Waals surface area contributed by atoms with Gasteiger partial charge in [-0.2, -0.15) is 0 Å². The monoisotopic (exact) mass is 244 g/mol. The molecule has 1 rings (SSSR count). The molecule has 0 aliphatic carbocycles. The predicted octanol–water partition coefficient (Wildman–Crippen LogP) is -0.238. The van der Waals surface area contributed by atoms with Gasteiger partial charge in [0.1, 0.15) is 6.61 Å². The number of ether oxygens (including phenoxy) is 1. The van der Waals surface area contributed by atoms with E-state index in [9.17, 15) is 14.4 Å². The predicted molar refractivity (Wildman–Crippen MR) is 57.4 cm³/mol. The number of carboxylic acid groups (broad SMARTS) is 1. The summed E-state index contributed by atoms with van der Waals surface area (Å²) in [6.45, 7) is 3.22. The van der Waals surface area contributed by atoms with E-state index in [1.165, 1.54) is 0 Å². The summed E-state index contributed by atoms with van der Waals surface area (Å²) in [5.74, 6) is -1.25. The Morgan fingerprint density at radius 2 is 2.24 bits per heavy atom. The van der Waals surface area contributed by atoms with E-state index in [0.717, 1.165) is 4.90 Å². The molecule has 0 radical (unpaired) electrons. The maximum absolute atomic E-state index is 11.7. The number of imide groups is 1. The molecule has 0 aromatic heterocycles. The summed E-state index contributed by atoms with van der Waals surface area (Å²) < 4.78 is 4.65. The second-order valence-corrected chi connectivity index (χ2v) is 3.67. The summed E-state index contributed by atoms with van der Waals surface area (Å²) >= 11 is 0. The maximum Gasteiger partial charge on any atom is 0.416 e. The number of carbonyl (C=O) groups excluding carboxylic acids is 2. The number of amides is 2. The molecule has 96 valence electrons. The molecular weight excluding hydrogens is 228 g/mol. The van der Waals surface area contributed by atoms with Gasteiger partial charge in [0.05, 0.1) is 19.5 Å². The van der Waals surface area contributed by atoms with Crippen LogP contribution in [0.25, 0.3) is 0 Å². The lowest BCUT2D eigenvalue weighted by molar-refractivity contribution is -0.138. The third-order valence-electron chi connectivity index (χ3n) is 2.51. The van der Waals surface area contributed by atoms with Crippen molar-refractivity contribution in [2.24, 2.45) is 0 Å². The highest BCUT2D eigenvalue weighted by molar-refractivity contribution is 5.94. The zero-order valence-corrected chi connectivity index (χ0v) is 9.72. The van der Waals surface area contributed by atoms with E-state index in [2.05, 4.69) is 4.74 Å². The zero-order chi connectivity index (χ0) is 12.8. The minimum atomic E-state index is -0.906. The lowest BCUT2D eigenvalue weighted by Gasteiger charge is -2.20. The van der Waals surface area contributed by atoms with Gasteiger partial charge in [0.25, 0.3) is 0 Å².